The summed E-state index contributed by atoms with van der Waals surface area (Å²) >= 11 is 2.33. The summed E-state index contributed by atoms with van der Waals surface area (Å²) in [5.74, 6) is -0.0936. The average molecular weight is 560 g/mol. The molecule has 0 unspecified atom stereocenters. The van der Waals surface area contributed by atoms with E-state index in [-0.39, 0.29) is 16.5 Å². The van der Waals surface area contributed by atoms with Crippen LogP contribution in [0.1, 0.15) is 28.8 Å². The van der Waals surface area contributed by atoms with Gasteiger partial charge in [0.25, 0.3) is 5.91 Å². The van der Waals surface area contributed by atoms with Crippen molar-refractivity contribution in [1.82, 2.24) is 9.88 Å². The molecule has 1 aromatic heterocycles. The highest BCUT2D eigenvalue weighted by Gasteiger charge is 2.27. The molecule has 0 spiro atoms. The average Bonchev–Trinajstić information content (AvgIpc) is 3.27. The highest BCUT2D eigenvalue weighted by molar-refractivity contribution is 14.1. The van der Waals surface area contributed by atoms with Gasteiger partial charge < -0.3 is 15.1 Å². The van der Waals surface area contributed by atoms with Crippen molar-refractivity contribution in [3.8, 4) is 11.1 Å². The number of pyridine rings is 1. The van der Waals surface area contributed by atoms with Crippen molar-refractivity contribution in [2.75, 3.05) is 29.9 Å². The van der Waals surface area contributed by atoms with Crippen LogP contribution in [0.15, 0.2) is 54.7 Å². The van der Waals surface area contributed by atoms with Gasteiger partial charge in [0.1, 0.15) is 17.5 Å². The first-order valence-corrected chi connectivity index (χ1v) is 12.2. The van der Waals surface area contributed by atoms with Gasteiger partial charge in [-0.3, -0.25) is 4.79 Å². The van der Waals surface area contributed by atoms with Gasteiger partial charge in [0.05, 0.1) is 9.74 Å². The number of alkyl halides is 1. The van der Waals surface area contributed by atoms with Crippen LogP contribution in [0.3, 0.4) is 0 Å². The minimum absolute atomic E-state index is 0.0644. The molecule has 2 aliphatic heterocycles. The SMILES string of the molecule is O=C(c1ccc(-c2cnc3c(c2)N(Cc2cc(F)ccc2F)CCN3)cc1)N1CCC[C@H]1I. The topological polar surface area (TPSA) is 48.5 Å². The van der Waals surface area contributed by atoms with E-state index in [1.807, 2.05) is 40.1 Å². The molecule has 33 heavy (non-hydrogen) atoms. The van der Waals surface area contributed by atoms with E-state index in [1.165, 1.54) is 6.07 Å². The van der Waals surface area contributed by atoms with Crippen LogP contribution in [0.5, 0.6) is 0 Å². The van der Waals surface area contributed by atoms with Crippen LogP contribution in [-0.2, 0) is 6.54 Å². The summed E-state index contributed by atoms with van der Waals surface area (Å²) in [6.07, 6.45) is 3.87. The van der Waals surface area contributed by atoms with Crippen LogP contribution in [-0.4, -0.2) is 39.5 Å². The number of aromatic nitrogens is 1. The standard InChI is InChI=1S/C25H23F2IN4O/c26-20-7-8-21(27)19(12-20)15-31-11-9-29-24-22(31)13-18(14-30-24)16-3-5-17(6-4-16)25(33)32-10-1-2-23(32)28/h3-8,12-14,23H,1-2,9-11,15H2,(H,29,30)/t23-/m0/s1. The Morgan fingerprint density at radius 3 is 2.67 bits per heavy atom. The van der Waals surface area contributed by atoms with Crippen molar-refractivity contribution in [2.45, 2.75) is 23.4 Å². The third-order valence-electron chi connectivity index (χ3n) is 6.16. The molecule has 0 radical (unpaired) electrons. The number of amides is 1. The summed E-state index contributed by atoms with van der Waals surface area (Å²) in [4.78, 5) is 21.3. The predicted octanol–water partition coefficient (Wildman–Crippen LogP) is 5.46. The van der Waals surface area contributed by atoms with E-state index in [0.29, 0.717) is 24.2 Å². The number of carbonyl (C=O) groups is 1. The smallest absolute Gasteiger partial charge is 0.254 e. The van der Waals surface area contributed by atoms with E-state index < -0.39 is 11.6 Å². The summed E-state index contributed by atoms with van der Waals surface area (Å²) in [5.41, 5.74) is 3.67. The maximum atomic E-state index is 14.2. The van der Waals surface area contributed by atoms with Gasteiger partial charge in [-0.15, -0.1) is 0 Å². The number of anilines is 2. The zero-order valence-electron chi connectivity index (χ0n) is 17.9. The Labute approximate surface area is 204 Å². The number of halogens is 3. The Balaban J connectivity index is 1.40. The molecule has 8 heteroatoms. The van der Waals surface area contributed by atoms with Gasteiger partial charge in [-0.05, 0) is 54.8 Å². The lowest BCUT2D eigenvalue weighted by molar-refractivity contribution is 0.0785. The molecular weight excluding hydrogens is 537 g/mol. The highest BCUT2D eigenvalue weighted by Crippen LogP contribution is 2.33. The molecule has 2 aromatic carbocycles. The first-order chi connectivity index (χ1) is 16.0. The second-order valence-corrected chi connectivity index (χ2v) is 9.77. The predicted molar refractivity (Wildman–Crippen MR) is 134 cm³/mol. The zero-order valence-corrected chi connectivity index (χ0v) is 20.1. The lowest BCUT2D eigenvalue weighted by atomic mass is 10.0. The molecule has 0 aliphatic carbocycles. The molecule has 0 bridgehead atoms. The molecule has 5 rings (SSSR count). The van der Waals surface area contributed by atoms with Crippen molar-refractivity contribution in [3.05, 3.63) is 77.5 Å². The Kier molecular flexibility index (Phi) is 6.18. The largest absolute Gasteiger partial charge is 0.367 e. The van der Waals surface area contributed by atoms with E-state index in [0.717, 1.165) is 54.2 Å². The number of nitrogens with one attached hydrogen (secondary N) is 1. The number of hydrogen-bond acceptors (Lipinski definition) is 4. The number of likely N-dealkylation sites (tertiary alicyclic amines) is 1. The van der Waals surface area contributed by atoms with Crippen molar-refractivity contribution in [2.24, 2.45) is 0 Å². The number of carbonyl (C=O) groups excluding carboxylic acids is 1. The number of hydrogen-bond donors (Lipinski definition) is 1. The Morgan fingerprint density at radius 1 is 1.09 bits per heavy atom. The molecule has 3 aromatic rings. The summed E-state index contributed by atoms with van der Waals surface area (Å²) in [6, 6.07) is 13.1. The van der Waals surface area contributed by atoms with Gasteiger partial charge in [-0.25, -0.2) is 13.8 Å². The zero-order chi connectivity index (χ0) is 22.9. The summed E-state index contributed by atoms with van der Waals surface area (Å²) in [7, 11) is 0. The molecule has 1 fully saturated rings. The molecular formula is C25H23F2IN4O. The van der Waals surface area contributed by atoms with Crippen molar-refractivity contribution in [1.29, 1.82) is 0 Å². The van der Waals surface area contributed by atoms with Crippen LogP contribution in [0.25, 0.3) is 11.1 Å². The monoisotopic (exact) mass is 560 g/mol. The van der Waals surface area contributed by atoms with Crippen LogP contribution in [0.4, 0.5) is 20.3 Å². The third kappa shape index (κ3) is 4.53. The molecule has 3 heterocycles. The lowest BCUT2D eigenvalue weighted by Gasteiger charge is -2.32. The van der Waals surface area contributed by atoms with E-state index >= 15 is 0 Å². The van der Waals surface area contributed by atoms with Gasteiger partial charge in [0.15, 0.2) is 0 Å². The summed E-state index contributed by atoms with van der Waals surface area (Å²) < 4.78 is 28.1. The Morgan fingerprint density at radius 2 is 1.91 bits per heavy atom. The van der Waals surface area contributed by atoms with E-state index in [1.54, 1.807) is 6.20 Å². The van der Waals surface area contributed by atoms with Gasteiger partial charge >= 0.3 is 0 Å². The van der Waals surface area contributed by atoms with Crippen molar-refractivity contribution < 1.29 is 13.6 Å². The van der Waals surface area contributed by atoms with Gasteiger partial charge in [-0.1, -0.05) is 34.7 Å². The Hall–Kier alpha value is -2.75. The quantitative estimate of drug-likeness (QED) is 0.262. The fraction of sp³-hybridized carbons (Fsp3) is 0.280. The molecule has 5 nitrogen and oxygen atoms in total. The van der Waals surface area contributed by atoms with Crippen LogP contribution in [0, 0.1) is 11.6 Å². The second kappa shape index (κ2) is 9.24. The number of rotatable bonds is 4. The molecule has 170 valence electrons. The number of fused-ring (bicyclic) bond motifs is 1. The lowest BCUT2D eigenvalue weighted by Crippen LogP contribution is -2.34. The second-order valence-electron chi connectivity index (χ2n) is 8.33. The number of benzene rings is 2. The Bertz CT molecular complexity index is 1190. The molecule has 1 N–H and O–H groups in total. The van der Waals surface area contributed by atoms with Crippen LogP contribution >= 0.6 is 22.6 Å². The number of nitrogens with zero attached hydrogens (tertiary/aromatic N) is 3. The minimum Gasteiger partial charge on any atom is -0.367 e. The van der Waals surface area contributed by atoms with Crippen molar-refractivity contribution >= 4 is 40.0 Å². The fourth-order valence-electron chi connectivity index (χ4n) is 4.38. The minimum atomic E-state index is -0.453. The maximum absolute atomic E-state index is 14.2. The van der Waals surface area contributed by atoms with E-state index in [2.05, 4.69) is 32.9 Å². The molecule has 2 aliphatic rings. The molecule has 1 atom stereocenters. The molecule has 1 amide bonds. The molecule has 0 saturated carbocycles. The van der Waals surface area contributed by atoms with Crippen LogP contribution < -0.4 is 10.2 Å². The van der Waals surface area contributed by atoms with Gasteiger partial charge in [0.2, 0.25) is 0 Å². The first-order valence-electron chi connectivity index (χ1n) is 11.0. The maximum Gasteiger partial charge on any atom is 0.254 e. The molecule has 1 saturated heterocycles. The van der Waals surface area contributed by atoms with Gasteiger partial charge in [0, 0.05) is 49.1 Å². The highest BCUT2D eigenvalue weighted by atomic mass is 127. The van der Waals surface area contributed by atoms with Crippen LogP contribution in [0.2, 0.25) is 0 Å². The summed E-state index contributed by atoms with van der Waals surface area (Å²) in [5, 5.41) is 3.27. The van der Waals surface area contributed by atoms with Gasteiger partial charge in [-0.2, -0.15) is 0 Å². The summed E-state index contributed by atoms with van der Waals surface area (Å²) in [6.45, 7) is 2.37. The van der Waals surface area contributed by atoms with E-state index in [4.69, 9.17) is 0 Å². The first kappa shape index (κ1) is 22.1. The third-order valence-corrected chi connectivity index (χ3v) is 7.45. The normalized spacial score (nSPS) is 17.6. The van der Waals surface area contributed by atoms with Crippen molar-refractivity contribution in [3.63, 3.8) is 0 Å². The fourth-order valence-corrected chi connectivity index (χ4v) is 5.35. The van der Waals surface area contributed by atoms with E-state index in [9.17, 15) is 13.6 Å².